The monoisotopic (exact) mass is 248 g/mol. The first-order valence-corrected chi connectivity index (χ1v) is 5.17. The number of carboxylic acids is 1. The summed E-state index contributed by atoms with van der Waals surface area (Å²) in [6.07, 6.45) is 0. The van der Waals surface area contributed by atoms with Crippen LogP contribution < -0.4 is 10.5 Å². The van der Waals surface area contributed by atoms with E-state index in [4.69, 9.17) is 20.0 Å². The summed E-state index contributed by atoms with van der Waals surface area (Å²) >= 11 is 0. The zero-order valence-electron chi connectivity index (χ0n) is 9.93. The quantitative estimate of drug-likeness (QED) is 0.861. The Morgan fingerprint density at radius 2 is 2.22 bits per heavy atom. The zero-order chi connectivity index (χ0) is 13.3. The fraction of sp³-hybridized carbons (Fsp3) is 0.167. The number of hydrogen-bond acceptors (Lipinski definition) is 5. The van der Waals surface area contributed by atoms with Crippen molar-refractivity contribution in [3.63, 3.8) is 0 Å². The Morgan fingerprint density at radius 3 is 2.83 bits per heavy atom. The van der Waals surface area contributed by atoms with E-state index in [1.165, 1.54) is 7.11 Å². The Balaban J connectivity index is 2.68. The van der Waals surface area contributed by atoms with Crippen LogP contribution in [0.4, 0.5) is 6.01 Å². The molecule has 0 amide bonds. The summed E-state index contributed by atoms with van der Waals surface area (Å²) in [5.41, 5.74) is 6.63. The second-order valence-electron chi connectivity index (χ2n) is 3.74. The van der Waals surface area contributed by atoms with Gasteiger partial charge in [0.1, 0.15) is 5.75 Å². The van der Waals surface area contributed by atoms with Crippen molar-refractivity contribution in [1.82, 2.24) is 4.98 Å². The van der Waals surface area contributed by atoms with Gasteiger partial charge >= 0.3 is 5.97 Å². The molecular weight excluding hydrogens is 236 g/mol. The highest BCUT2D eigenvalue weighted by Crippen LogP contribution is 2.34. The lowest BCUT2D eigenvalue weighted by Gasteiger charge is -2.07. The van der Waals surface area contributed by atoms with E-state index in [-0.39, 0.29) is 17.5 Å². The molecule has 0 spiro atoms. The molecule has 0 aliphatic heterocycles. The van der Waals surface area contributed by atoms with Gasteiger partial charge < -0.3 is 20.0 Å². The molecule has 1 heterocycles. The first-order chi connectivity index (χ1) is 8.52. The smallest absolute Gasteiger partial charge is 0.358 e. The lowest BCUT2D eigenvalue weighted by atomic mass is 10.1. The Hall–Kier alpha value is -2.50. The summed E-state index contributed by atoms with van der Waals surface area (Å²) < 4.78 is 10.3. The minimum atomic E-state index is -1.20. The third kappa shape index (κ3) is 2.00. The summed E-state index contributed by atoms with van der Waals surface area (Å²) in [7, 11) is 1.49. The van der Waals surface area contributed by atoms with Gasteiger partial charge in [0.2, 0.25) is 0 Å². The molecule has 2 rings (SSSR count). The third-order valence-electron chi connectivity index (χ3n) is 2.45. The van der Waals surface area contributed by atoms with Crippen molar-refractivity contribution in [1.29, 1.82) is 0 Å². The molecule has 2 aromatic rings. The van der Waals surface area contributed by atoms with Gasteiger partial charge in [0, 0.05) is 0 Å². The minimum Gasteiger partial charge on any atom is -0.496 e. The van der Waals surface area contributed by atoms with Crippen molar-refractivity contribution in [3.8, 4) is 17.1 Å². The number of aromatic nitrogens is 1. The van der Waals surface area contributed by atoms with Crippen molar-refractivity contribution in [3.05, 3.63) is 29.5 Å². The largest absolute Gasteiger partial charge is 0.496 e. The molecule has 6 heteroatoms. The van der Waals surface area contributed by atoms with E-state index in [9.17, 15) is 4.79 Å². The van der Waals surface area contributed by atoms with Gasteiger partial charge in [0.25, 0.3) is 6.01 Å². The lowest BCUT2D eigenvalue weighted by Crippen LogP contribution is -2.00. The van der Waals surface area contributed by atoms with Gasteiger partial charge in [-0.05, 0) is 19.1 Å². The van der Waals surface area contributed by atoms with Gasteiger partial charge in [-0.2, -0.15) is 4.98 Å². The van der Waals surface area contributed by atoms with Crippen LogP contribution in [0.15, 0.2) is 22.6 Å². The van der Waals surface area contributed by atoms with Crippen molar-refractivity contribution in [2.24, 2.45) is 0 Å². The average molecular weight is 248 g/mol. The molecule has 0 fully saturated rings. The van der Waals surface area contributed by atoms with Crippen LogP contribution in [0.3, 0.4) is 0 Å². The highest BCUT2D eigenvalue weighted by atomic mass is 16.5. The molecular formula is C12H12N2O4. The van der Waals surface area contributed by atoms with Crippen LogP contribution >= 0.6 is 0 Å². The fourth-order valence-corrected chi connectivity index (χ4v) is 1.66. The average Bonchev–Trinajstić information content (AvgIpc) is 2.71. The van der Waals surface area contributed by atoms with Gasteiger partial charge in [-0.25, -0.2) is 4.79 Å². The van der Waals surface area contributed by atoms with Crippen molar-refractivity contribution < 1.29 is 19.1 Å². The van der Waals surface area contributed by atoms with Crippen LogP contribution in [0.25, 0.3) is 11.3 Å². The minimum absolute atomic E-state index is 0.0977. The lowest BCUT2D eigenvalue weighted by molar-refractivity contribution is 0.0691. The Bertz CT molecular complexity index is 604. The number of hydrogen-bond donors (Lipinski definition) is 2. The second kappa shape index (κ2) is 4.40. The Labute approximate surface area is 103 Å². The summed E-state index contributed by atoms with van der Waals surface area (Å²) in [5, 5.41) is 9.05. The molecule has 1 aromatic heterocycles. The number of carboxylic acid groups (broad SMARTS) is 1. The van der Waals surface area contributed by atoms with Crippen LogP contribution in [0.5, 0.6) is 5.75 Å². The fourth-order valence-electron chi connectivity index (χ4n) is 1.66. The predicted octanol–water partition coefficient (Wildman–Crippen LogP) is 1.94. The number of carbonyl (C=O) groups is 1. The maximum absolute atomic E-state index is 11.1. The van der Waals surface area contributed by atoms with E-state index in [1.54, 1.807) is 12.1 Å². The number of anilines is 1. The van der Waals surface area contributed by atoms with Gasteiger partial charge in [0.05, 0.1) is 12.7 Å². The van der Waals surface area contributed by atoms with Crippen LogP contribution in [0, 0.1) is 6.92 Å². The standard InChI is InChI=1S/C12H12N2O4/c1-6-3-4-8(17-2)7(5-6)10-9(11(15)16)14-12(13)18-10/h3-5H,1-2H3,(H2,13,14)(H,15,16). The molecule has 0 radical (unpaired) electrons. The molecule has 0 bridgehead atoms. The molecule has 0 saturated heterocycles. The van der Waals surface area contributed by atoms with Crippen LogP contribution in [-0.4, -0.2) is 23.2 Å². The second-order valence-corrected chi connectivity index (χ2v) is 3.74. The van der Waals surface area contributed by atoms with E-state index in [1.807, 2.05) is 13.0 Å². The summed E-state index contributed by atoms with van der Waals surface area (Å²) in [6.45, 7) is 1.88. The SMILES string of the molecule is COc1ccc(C)cc1-c1oc(N)nc1C(=O)O. The number of ether oxygens (including phenoxy) is 1. The van der Waals surface area contributed by atoms with E-state index in [0.29, 0.717) is 11.3 Å². The number of nitrogens with two attached hydrogens (primary N) is 1. The number of aryl methyl sites for hydroxylation is 1. The normalized spacial score (nSPS) is 10.3. The van der Waals surface area contributed by atoms with E-state index in [2.05, 4.69) is 4.98 Å². The molecule has 3 N–H and O–H groups in total. The number of methoxy groups -OCH3 is 1. The van der Waals surface area contributed by atoms with Gasteiger partial charge in [0.15, 0.2) is 11.5 Å². The Kier molecular flexibility index (Phi) is 2.93. The topological polar surface area (TPSA) is 98.6 Å². The molecule has 0 aliphatic carbocycles. The predicted molar refractivity (Wildman–Crippen MR) is 64.6 cm³/mol. The molecule has 0 unspecified atom stereocenters. The van der Waals surface area contributed by atoms with Crippen LogP contribution in [0.2, 0.25) is 0 Å². The number of oxazole rings is 1. The molecule has 1 aromatic carbocycles. The number of rotatable bonds is 3. The number of nitrogens with zero attached hydrogens (tertiary/aromatic N) is 1. The summed E-state index contributed by atoms with van der Waals surface area (Å²) in [4.78, 5) is 14.7. The van der Waals surface area contributed by atoms with Gasteiger partial charge in [-0.15, -0.1) is 0 Å². The van der Waals surface area contributed by atoms with Gasteiger partial charge in [-0.3, -0.25) is 0 Å². The van der Waals surface area contributed by atoms with E-state index < -0.39 is 5.97 Å². The first-order valence-electron chi connectivity index (χ1n) is 5.17. The van der Waals surface area contributed by atoms with E-state index in [0.717, 1.165) is 5.56 Å². The van der Waals surface area contributed by atoms with Crippen molar-refractivity contribution >= 4 is 12.0 Å². The Morgan fingerprint density at radius 1 is 1.50 bits per heavy atom. The van der Waals surface area contributed by atoms with Crippen molar-refractivity contribution in [2.75, 3.05) is 12.8 Å². The van der Waals surface area contributed by atoms with Crippen LogP contribution in [-0.2, 0) is 0 Å². The number of aromatic carboxylic acids is 1. The molecule has 94 valence electrons. The molecule has 0 saturated carbocycles. The van der Waals surface area contributed by atoms with Crippen molar-refractivity contribution in [2.45, 2.75) is 6.92 Å². The summed E-state index contributed by atoms with van der Waals surface area (Å²) in [5.74, 6) is -0.603. The first kappa shape index (κ1) is 12.0. The molecule has 18 heavy (non-hydrogen) atoms. The summed E-state index contributed by atoms with van der Waals surface area (Å²) in [6, 6.07) is 5.15. The third-order valence-corrected chi connectivity index (χ3v) is 2.45. The highest BCUT2D eigenvalue weighted by Gasteiger charge is 2.22. The number of nitrogen functional groups attached to an aromatic ring is 1. The van der Waals surface area contributed by atoms with Crippen LogP contribution in [0.1, 0.15) is 16.1 Å². The molecule has 0 aliphatic rings. The zero-order valence-corrected chi connectivity index (χ0v) is 9.93. The molecule has 0 atom stereocenters. The number of benzene rings is 1. The highest BCUT2D eigenvalue weighted by molar-refractivity contribution is 5.93. The van der Waals surface area contributed by atoms with E-state index >= 15 is 0 Å². The molecule has 6 nitrogen and oxygen atoms in total. The van der Waals surface area contributed by atoms with Gasteiger partial charge in [-0.1, -0.05) is 11.6 Å². The maximum Gasteiger partial charge on any atom is 0.358 e. The maximum atomic E-state index is 11.1.